The van der Waals surface area contributed by atoms with E-state index in [0.717, 1.165) is 51.8 Å². The average molecular weight is 328 g/mol. The van der Waals surface area contributed by atoms with Gasteiger partial charge in [-0.25, -0.2) is 0 Å². The lowest BCUT2D eigenvalue weighted by Gasteiger charge is -2.39. The lowest BCUT2D eigenvalue weighted by molar-refractivity contribution is 0.129. The molecule has 0 bridgehead atoms. The van der Waals surface area contributed by atoms with Crippen LogP contribution < -0.4 is 5.32 Å². The number of nitrogens with zero attached hydrogens (tertiary/aromatic N) is 2. The standard InChI is InChI=1S/C17H33N3OS/c1-5-18-15(20-10-12-22-16(3,4)14-20)19-13-17(7-8-17)9-11-21-6-2/h5-14H2,1-4H3,(H,18,19). The predicted molar refractivity (Wildman–Crippen MR) is 96.9 cm³/mol. The zero-order valence-corrected chi connectivity index (χ0v) is 15.6. The minimum Gasteiger partial charge on any atom is -0.382 e. The number of hydrogen-bond acceptors (Lipinski definition) is 3. The first kappa shape index (κ1) is 17.9. The van der Waals surface area contributed by atoms with E-state index < -0.39 is 0 Å². The van der Waals surface area contributed by atoms with Crippen LogP contribution in [-0.2, 0) is 4.74 Å². The van der Waals surface area contributed by atoms with Crippen molar-refractivity contribution in [3.05, 3.63) is 0 Å². The van der Waals surface area contributed by atoms with Crippen molar-refractivity contribution in [1.82, 2.24) is 10.2 Å². The van der Waals surface area contributed by atoms with Crippen LogP contribution in [0.15, 0.2) is 4.99 Å². The van der Waals surface area contributed by atoms with Crippen LogP contribution in [0.1, 0.15) is 47.0 Å². The fourth-order valence-electron chi connectivity index (χ4n) is 2.96. The molecular weight excluding hydrogens is 294 g/mol. The maximum atomic E-state index is 5.53. The molecule has 128 valence electrons. The van der Waals surface area contributed by atoms with E-state index in [-0.39, 0.29) is 0 Å². The van der Waals surface area contributed by atoms with Crippen LogP contribution in [0.2, 0.25) is 0 Å². The number of hydrogen-bond donors (Lipinski definition) is 1. The van der Waals surface area contributed by atoms with Crippen LogP contribution in [0.4, 0.5) is 0 Å². The molecule has 1 aliphatic heterocycles. The molecule has 1 saturated heterocycles. The number of nitrogens with one attached hydrogen (secondary N) is 1. The summed E-state index contributed by atoms with van der Waals surface area (Å²) in [6.45, 7) is 14.7. The van der Waals surface area contributed by atoms with Crippen molar-refractivity contribution in [1.29, 1.82) is 0 Å². The molecular formula is C17H33N3OS. The molecule has 0 atom stereocenters. The molecule has 1 heterocycles. The maximum Gasteiger partial charge on any atom is 0.194 e. The number of rotatable bonds is 7. The second-order valence-corrected chi connectivity index (χ2v) is 8.95. The maximum absolute atomic E-state index is 5.53. The molecule has 4 nitrogen and oxygen atoms in total. The summed E-state index contributed by atoms with van der Waals surface area (Å²) in [5.74, 6) is 2.30. The van der Waals surface area contributed by atoms with Crippen molar-refractivity contribution in [2.45, 2.75) is 51.7 Å². The molecule has 5 heteroatoms. The first-order chi connectivity index (χ1) is 10.5. The van der Waals surface area contributed by atoms with Gasteiger partial charge < -0.3 is 15.0 Å². The lowest BCUT2D eigenvalue weighted by Crippen LogP contribution is -2.51. The first-order valence-electron chi connectivity index (χ1n) is 8.75. The van der Waals surface area contributed by atoms with Gasteiger partial charge in [-0.1, -0.05) is 0 Å². The highest BCUT2D eigenvalue weighted by molar-refractivity contribution is 8.00. The number of aliphatic imine (C=N–C) groups is 1. The van der Waals surface area contributed by atoms with Crippen molar-refractivity contribution in [3.8, 4) is 0 Å². The monoisotopic (exact) mass is 327 g/mol. The molecule has 0 spiro atoms. The number of ether oxygens (including phenoxy) is 1. The molecule has 22 heavy (non-hydrogen) atoms. The highest BCUT2D eigenvalue weighted by Crippen LogP contribution is 2.49. The Bertz CT molecular complexity index is 380. The van der Waals surface area contributed by atoms with E-state index in [1.54, 1.807) is 0 Å². The minimum absolute atomic E-state index is 0.320. The summed E-state index contributed by atoms with van der Waals surface area (Å²) in [4.78, 5) is 7.43. The van der Waals surface area contributed by atoms with Crippen LogP contribution in [0.25, 0.3) is 0 Å². The van der Waals surface area contributed by atoms with Gasteiger partial charge >= 0.3 is 0 Å². The van der Waals surface area contributed by atoms with Gasteiger partial charge in [0, 0.05) is 49.9 Å². The third kappa shape index (κ3) is 5.34. The third-order valence-electron chi connectivity index (χ3n) is 4.56. The van der Waals surface area contributed by atoms with Crippen molar-refractivity contribution in [2.75, 3.05) is 45.1 Å². The highest BCUT2D eigenvalue weighted by atomic mass is 32.2. The highest BCUT2D eigenvalue weighted by Gasteiger charge is 2.42. The van der Waals surface area contributed by atoms with E-state index in [2.05, 4.69) is 49.7 Å². The Kier molecular flexibility index (Phi) is 6.45. The van der Waals surface area contributed by atoms with Gasteiger partial charge in [-0.3, -0.25) is 4.99 Å². The molecule has 0 aromatic heterocycles. The van der Waals surface area contributed by atoms with E-state index in [9.17, 15) is 0 Å². The Balaban J connectivity index is 1.92. The van der Waals surface area contributed by atoms with Gasteiger partial charge in [0.25, 0.3) is 0 Å². The average Bonchev–Trinajstić information content (AvgIpc) is 3.23. The Morgan fingerprint density at radius 2 is 2.09 bits per heavy atom. The van der Waals surface area contributed by atoms with Crippen molar-refractivity contribution >= 4 is 17.7 Å². The Hall–Kier alpha value is -0.420. The molecule has 2 aliphatic rings. The Labute approximate surface area is 140 Å². The Morgan fingerprint density at radius 3 is 2.68 bits per heavy atom. The summed E-state index contributed by atoms with van der Waals surface area (Å²) in [5, 5.41) is 3.49. The number of thioether (sulfide) groups is 1. The van der Waals surface area contributed by atoms with E-state index in [1.165, 1.54) is 18.6 Å². The van der Waals surface area contributed by atoms with Gasteiger partial charge in [-0.05, 0) is 52.4 Å². The van der Waals surface area contributed by atoms with Crippen molar-refractivity contribution in [3.63, 3.8) is 0 Å². The fourth-order valence-corrected chi connectivity index (χ4v) is 4.07. The summed E-state index contributed by atoms with van der Waals surface area (Å²) in [6.07, 6.45) is 3.78. The van der Waals surface area contributed by atoms with Crippen LogP contribution in [-0.4, -0.2) is 60.8 Å². The SMILES string of the molecule is CCNC(=NCC1(CCOCC)CC1)N1CCSC(C)(C)C1. The first-order valence-corrected chi connectivity index (χ1v) is 9.74. The summed E-state index contributed by atoms with van der Waals surface area (Å²) in [7, 11) is 0. The summed E-state index contributed by atoms with van der Waals surface area (Å²) >= 11 is 2.07. The second kappa shape index (κ2) is 7.91. The van der Waals surface area contributed by atoms with E-state index >= 15 is 0 Å². The van der Waals surface area contributed by atoms with Crippen LogP contribution in [0.5, 0.6) is 0 Å². The van der Waals surface area contributed by atoms with Gasteiger partial charge in [-0.15, -0.1) is 0 Å². The quantitative estimate of drug-likeness (QED) is 0.443. The van der Waals surface area contributed by atoms with Gasteiger partial charge in [0.1, 0.15) is 0 Å². The van der Waals surface area contributed by atoms with Crippen molar-refractivity contribution < 1.29 is 4.74 Å². The molecule has 0 amide bonds. The van der Waals surface area contributed by atoms with Gasteiger partial charge in [0.05, 0.1) is 0 Å². The zero-order chi connectivity index (χ0) is 16.1. The molecule has 1 N–H and O–H groups in total. The van der Waals surface area contributed by atoms with Crippen LogP contribution in [0, 0.1) is 5.41 Å². The fraction of sp³-hybridized carbons (Fsp3) is 0.941. The lowest BCUT2D eigenvalue weighted by atomic mass is 10.0. The van der Waals surface area contributed by atoms with Crippen molar-refractivity contribution in [2.24, 2.45) is 10.4 Å². The number of guanidine groups is 1. The van der Waals surface area contributed by atoms with Gasteiger partial charge in [0.15, 0.2) is 5.96 Å². The zero-order valence-electron chi connectivity index (χ0n) is 14.8. The van der Waals surface area contributed by atoms with Gasteiger partial charge in [0.2, 0.25) is 0 Å². The topological polar surface area (TPSA) is 36.9 Å². The smallest absolute Gasteiger partial charge is 0.194 e. The molecule has 0 aromatic rings. The molecule has 2 rings (SSSR count). The van der Waals surface area contributed by atoms with Crippen LogP contribution >= 0.6 is 11.8 Å². The predicted octanol–water partition coefficient (Wildman–Crippen LogP) is 2.99. The van der Waals surface area contributed by atoms with Crippen LogP contribution in [0.3, 0.4) is 0 Å². The van der Waals surface area contributed by atoms with E-state index in [0.29, 0.717) is 10.2 Å². The third-order valence-corrected chi connectivity index (χ3v) is 5.86. The molecule has 1 saturated carbocycles. The molecule has 0 aromatic carbocycles. The summed E-state index contributed by atoms with van der Waals surface area (Å²) < 4.78 is 5.85. The van der Waals surface area contributed by atoms with E-state index in [1.807, 2.05) is 0 Å². The molecule has 1 aliphatic carbocycles. The second-order valence-electron chi connectivity index (χ2n) is 7.15. The largest absolute Gasteiger partial charge is 0.382 e. The summed E-state index contributed by atoms with van der Waals surface area (Å²) in [5.41, 5.74) is 0.426. The molecule has 0 radical (unpaired) electrons. The van der Waals surface area contributed by atoms with E-state index in [4.69, 9.17) is 9.73 Å². The normalized spacial score (nSPS) is 23.5. The molecule has 2 fully saturated rings. The van der Waals surface area contributed by atoms with Gasteiger partial charge in [-0.2, -0.15) is 11.8 Å². The molecule has 0 unspecified atom stereocenters. The Morgan fingerprint density at radius 1 is 1.32 bits per heavy atom. The summed E-state index contributed by atoms with van der Waals surface area (Å²) in [6, 6.07) is 0. The minimum atomic E-state index is 0.320.